The number of nitrogens with one attached hydrogen (secondary N) is 1. The summed E-state index contributed by atoms with van der Waals surface area (Å²) < 4.78 is 0. The predicted molar refractivity (Wildman–Crippen MR) is 88.5 cm³/mol. The lowest BCUT2D eigenvalue weighted by atomic mass is 10.1. The minimum absolute atomic E-state index is 0.0919. The highest BCUT2D eigenvalue weighted by Crippen LogP contribution is 2.17. The molecule has 2 aromatic rings. The van der Waals surface area contributed by atoms with Crippen LogP contribution in [0.3, 0.4) is 0 Å². The summed E-state index contributed by atoms with van der Waals surface area (Å²) in [5.74, 6) is 0.843. The first-order valence-electron chi connectivity index (χ1n) is 7.81. The van der Waals surface area contributed by atoms with E-state index >= 15 is 0 Å². The second kappa shape index (κ2) is 6.60. The summed E-state index contributed by atoms with van der Waals surface area (Å²) in [6.07, 6.45) is 5.09. The van der Waals surface area contributed by atoms with Crippen molar-refractivity contribution in [1.82, 2.24) is 9.88 Å². The van der Waals surface area contributed by atoms with Crippen molar-refractivity contribution >= 4 is 17.4 Å². The van der Waals surface area contributed by atoms with Gasteiger partial charge < -0.3 is 10.2 Å². The summed E-state index contributed by atoms with van der Waals surface area (Å²) in [7, 11) is 0. The van der Waals surface area contributed by atoms with Crippen molar-refractivity contribution in [2.45, 2.75) is 26.2 Å². The van der Waals surface area contributed by atoms with Crippen molar-refractivity contribution in [2.75, 3.05) is 18.4 Å². The summed E-state index contributed by atoms with van der Waals surface area (Å²) in [5, 5.41) is 3.25. The van der Waals surface area contributed by atoms with E-state index < -0.39 is 0 Å². The molecule has 1 aliphatic rings. The molecule has 1 amide bonds. The number of benzene rings is 1. The maximum absolute atomic E-state index is 12.4. The number of rotatable bonds is 3. The second-order valence-electron chi connectivity index (χ2n) is 5.78. The molecule has 0 atom stereocenters. The Morgan fingerprint density at radius 3 is 2.64 bits per heavy atom. The Labute approximate surface area is 131 Å². The fourth-order valence-electron chi connectivity index (χ4n) is 2.74. The number of amides is 1. The third kappa shape index (κ3) is 3.45. The molecule has 22 heavy (non-hydrogen) atoms. The van der Waals surface area contributed by atoms with Gasteiger partial charge in [0.25, 0.3) is 5.91 Å². The van der Waals surface area contributed by atoms with Crippen LogP contribution in [-0.2, 0) is 0 Å². The van der Waals surface area contributed by atoms with E-state index in [0.717, 1.165) is 37.4 Å². The smallest absolute Gasteiger partial charge is 0.255 e. The minimum atomic E-state index is 0.0919. The van der Waals surface area contributed by atoms with Crippen LogP contribution in [0.4, 0.5) is 11.5 Å². The molecule has 4 heteroatoms. The topological polar surface area (TPSA) is 45.2 Å². The van der Waals surface area contributed by atoms with Crippen LogP contribution in [0.15, 0.2) is 42.6 Å². The lowest BCUT2D eigenvalue weighted by Gasteiger charge is -2.26. The number of pyridine rings is 1. The van der Waals surface area contributed by atoms with Crippen LogP contribution in [0.25, 0.3) is 0 Å². The maximum Gasteiger partial charge on any atom is 0.255 e. The van der Waals surface area contributed by atoms with Gasteiger partial charge in [-0.2, -0.15) is 0 Å². The van der Waals surface area contributed by atoms with Crippen LogP contribution in [0.2, 0.25) is 0 Å². The average Bonchev–Trinajstić information content (AvgIpc) is 2.56. The number of anilines is 2. The summed E-state index contributed by atoms with van der Waals surface area (Å²) in [6.45, 7) is 3.78. The quantitative estimate of drug-likeness (QED) is 0.937. The number of hydrogen-bond donors (Lipinski definition) is 1. The largest absolute Gasteiger partial charge is 0.340 e. The van der Waals surface area contributed by atoms with E-state index in [9.17, 15) is 4.79 Å². The van der Waals surface area contributed by atoms with Gasteiger partial charge in [-0.25, -0.2) is 4.98 Å². The lowest BCUT2D eigenvalue weighted by molar-refractivity contribution is 0.0724. The molecule has 3 rings (SSSR count). The number of nitrogens with zero attached hydrogens (tertiary/aromatic N) is 2. The van der Waals surface area contributed by atoms with E-state index in [1.165, 1.54) is 12.0 Å². The van der Waals surface area contributed by atoms with E-state index in [0.29, 0.717) is 5.56 Å². The molecule has 2 heterocycles. The van der Waals surface area contributed by atoms with Crippen LogP contribution >= 0.6 is 0 Å². The Morgan fingerprint density at radius 1 is 1.14 bits per heavy atom. The zero-order valence-corrected chi connectivity index (χ0v) is 12.9. The molecule has 1 aliphatic heterocycles. The minimum Gasteiger partial charge on any atom is -0.340 e. The Hall–Kier alpha value is -2.36. The predicted octanol–water partition coefficient (Wildman–Crippen LogP) is 3.76. The fourth-order valence-corrected chi connectivity index (χ4v) is 2.74. The Kier molecular flexibility index (Phi) is 4.37. The number of aromatic nitrogens is 1. The Bertz CT molecular complexity index is 646. The van der Waals surface area contributed by atoms with Gasteiger partial charge in [-0.1, -0.05) is 12.1 Å². The van der Waals surface area contributed by atoms with Crippen molar-refractivity contribution in [3.8, 4) is 0 Å². The van der Waals surface area contributed by atoms with E-state index in [1.54, 1.807) is 6.20 Å². The molecule has 1 N–H and O–H groups in total. The standard InChI is InChI=1S/C18H21N3O/c1-14-6-5-7-16(12-14)20-17-9-8-15(13-19-17)18(22)21-10-3-2-4-11-21/h5-9,12-13H,2-4,10-11H2,1H3,(H,19,20). The van der Waals surface area contributed by atoms with Crippen LogP contribution in [0.5, 0.6) is 0 Å². The van der Waals surface area contributed by atoms with Gasteiger partial charge in [-0.3, -0.25) is 4.79 Å². The molecular weight excluding hydrogens is 274 g/mol. The fraction of sp³-hybridized carbons (Fsp3) is 0.333. The number of piperidine rings is 1. The highest BCUT2D eigenvalue weighted by molar-refractivity contribution is 5.94. The molecule has 0 unspecified atom stereocenters. The van der Waals surface area contributed by atoms with Gasteiger partial charge in [0.1, 0.15) is 5.82 Å². The third-order valence-electron chi connectivity index (χ3n) is 3.94. The maximum atomic E-state index is 12.4. The SMILES string of the molecule is Cc1cccc(Nc2ccc(C(=O)N3CCCCC3)cn2)c1. The van der Waals surface area contributed by atoms with Gasteiger partial charge in [-0.15, -0.1) is 0 Å². The summed E-state index contributed by atoms with van der Waals surface area (Å²) in [5.41, 5.74) is 2.86. The molecule has 114 valence electrons. The molecule has 1 aromatic heterocycles. The molecule has 4 nitrogen and oxygen atoms in total. The normalized spacial score (nSPS) is 14.7. The van der Waals surface area contributed by atoms with Gasteiger partial charge in [0.15, 0.2) is 0 Å². The van der Waals surface area contributed by atoms with Gasteiger partial charge >= 0.3 is 0 Å². The molecule has 1 saturated heterocycles. The van der Waals surface area contributed by atoms with E-state index in [-0.39, 0.29) is 5.91 Å². The van der Waals surface area contributed by atoms with Gasteiger partial charge in [0.2, 0.25) is 0 Å². The first kappa shape index (κ1) is 14.6. The molecule has 0 bridgehead atoms. The van der Waals surface area contributed by atoms with Gasteiger partial charge in [-0.05, 0) is 56.0 Å². The van der Waals surface area contributed by atoms with Crippen LogP contribution in [-0.4, -0.2) is 28.9 Å². The zero-order valence-electron chi connectivity index (χ0n) is 12.9. The molecule has 0 aliphatic carbocycles. The number of likely N-dealkylation sites (tertiary alicyclic amines) is 1. The third-order valence-corrected chi connectivity index (χ3v) is 3.94. The first-order chi connectivity index (χ1) is 10.7. The molecule has 0 saturated carbocycles. The van der Waals surface area contributed by atoms with Crippen LogP contribution in [0, 0.1) is 6.92 Å². The van der Waals surface area contributed by atoms with Crippen LogP contribution < -0.4 is 5.32 Å². The van der Waals surface area contributed by atoms with Crippen molar-refractivity contribution in [3.05, 3.63) is 53.7 Å². The zero-order chi connectivity index (χ0) is 15.4. The van der Waals surface area contributed by atoms with E-state index in [1.807, 2.05) is 29.2 Å². The molecule has 0 spiro atoms. The highest BCUT2D eigenvalue weighted by atomic mass is 16.2. The summed E-state index contributed by atoms with van der Waals surface area (Å²) in [6, 6.07) is 11.8. The number of carbonyl (C=O) groups excluding carboxylic acids is 1. The number of aryl methyl sites for hydroxylation is 1. The highest BCUT2D eigenvalue weighted by Gasteiger charge is 2.18. The first-order valence-corrected chi connectivity index (χ1v) is 7.81. The Morgan fingerprint density at radius 2 is 1.95 bits per heavy atom. The number of carbonyl (C=O) groups is 1. The molecule has 1 fully saturated rings. The van der Waals surface area contributed by atoms with Gasteiger partial charge in [0, 0.05) is 25.0 Å². The monoisotopic (exact) mass is 295 g/mol. The van der Waals surface area contributed by atoms with Crippen molar-refractivity contribution in [3.63, 3.8) is 0 Å². The summed E-state index contributed by atoms with van der Waals surface area (Å²) >= 11 is 0. The summed E-state index contributed by atoms with van der Waals surface area (Å²) in [4.78, 5) is 18.7. The van der Waals surface area contributed by atoms with Gasteiger partial charge in [0.05, 0.1) is 5.56 Å². The molecule has 1 aromatic carbocycles. The number of hydrogen-bond acceptors (Lipinski definition) is 3. The van der Waals surface area contributed by atoms with Crippen molar-refractivity contribution < 1.29 is 4.79 Å². The Balaban J connectivity index is 1.68. The van der Waals surface area contributed by atoms with Crippen LogP contribution in [0.1, 0.15) is 35.2 Å². The average molecular weight is 295 g/mol. The van der Waals surface area contributed by atoms with Crippen molar-refractivity contribution in [1.29, 1.82) is 0 Å². The van der Waals surface area contributed by atoms with E-state index in [2.05, 4.69) is 29.4 Å². The van der Waals surface area contributed by atoms with Crippen molar-refractivity contribution in [2.24, 2.45) is 0 Å². The van der Waals surface area contributed by atoms with E-state index in [4.69, 9.17) is 0 Å². The second-order valence-corrected chi connectivity index (χ2v) is 5.78. The lowest BCUT2D eigenvalue weighted by Crippen LogP contribution is -2.35. The molecular formula is C18H21N3O. The molecule has 0 radical (unpaired) electrons.